The van der Waals surface area contributed by atoms with E-state index in [0.29, 0.717) is 12.1 Å². The maximum atomic E-state index is 13.1. The van der Waals surface area contributed by atoms with Crippen molar-refractivity contribution in [1.82, 2.24) is 14.6 Å². The van der Waals surface area contributed by atoms with E-state index in [4.69, 9.17) is 0 Å². The molecule has 2 fully saturated rings. The molecule has 0 spiro atoms. The van der Waals surface area contributed by atoms with Crippen molar-refractivity contribution in [3.05, 3.63) is 59.9 Å². The van der Waals surface area contributed by atoms with E-state index in [1.165, 1.54) is 6.07 Å². The molecule has 7 heteroatoms. The molecule has 0 bridgehead atoms. The molecule has 1 atom stereocenters. The number of hydrogen-bond donors (Lipinski definition) is 1. The predicted octanol–water partition coefficient (Wildman–Crippen LogP) is 3.28. The zero-order valence-electron chi connectivity index (χ0n) is 15.8. The van der Waals surface area contributed by atoms with Gasteiger partial charge in [-0.15, -0.1) is 0 Å². The number of sulfonamides is 1. The molecule has 2 heterocycles. The second-order valence-electron chi connectivity index (χ2n) is 7.57. The van der Waals surface area contributed by atoms with Crippen molar-refractivity contribution >= 4 is 15.9 Å². The third kappa shape index (κ3) is 3.95. The second-order valence-corrected chi connectivity index (χ2v) is 9.29. The largest absolute Gasteiger partial charge is 0.332 e. The van der Waals surface area contributed by atoms with Crippen LogP contribution in [0.3, 0.4) is 0 Å². The lowest BCUT2D eigenvalue weighted by atomic mass is 10.1. The first-order chi connectivity index (χ1) is 13.5. The molecule has 1 aliphatic carbocycles. The Labute approximate surface area is 166 Å². The SMILES string of the molecule is O=C(c1cccc(S(=O)(=O)NC2CCCC2)c1)N1CCC[C@H]1c1cccnc1. The molecule has 6 nitrogen and oxygen atoms in total. The topological polar surface area (TPSA) is 79.4 Å². The number of rotatable bonds is 5. The normalized spacial score (nSPS) is 20.6. The van der Waals surface area contributed by atoms with Gasteiger partial charge in [0, 0.05) is 30.5 Å². The van der Waals surface area contributed by atoms with Crippen molar-refractivity contribution in [3.63, 3.8) is 0 Å². The quantitative estimate of drug-likeness (QED) is 0.837. The molecule has 4 rings (SSSR count). The molecular formula is C21H25N3O3S. The molecule has 2 aliphatic rings. The molecule has 1 saturated heterocycles. The fourth-order valence-electron chi connectivity index (χ4n) is 4.22. The fourth-order valence-corrected chi connectivity index (χ4v) is 5.57. The highest BCUT2D eigenvalue weighted by atomic mass is 32.2. The smallest absolute Gasteiger partial charge is 0.254 e. The van der Waals surface area contributed by atoms with Crippen molar-refractivity contribution in [2.75, 3.05) is 6.54 Å². The minimum Gasteiger partial charge on any atom is -0.332 e. The minimum atomic E-state index is -3.62. The Morgan fingerprint density at radius 2 is 1.89 bits per heavy atom. The third-order valence-electron chi connectivity index (χ3n) is 5.65. The van der Waals surface area contributed by atoms with Gasteiger partial charge in [0.2, 0.25) is 10.0 Å². The van der Waals surface area contributed by atoms with E-state index >= 15 is 0 Å². The molecule has 0 radical (unpaired) electrons. The highest BCUT2D eigenvalue weighted by Crippen LogP contribution is 2.33. The molecule has 1 amide bonds. The summed E-state index contributed by atoms with van der Waals surface area (Å²) in [5.74, 6) is -0.135. The van der Waals surface area contributed by atoms with Gasteiger partial charge in [0.1, 0.15) is 0 Å². The van der Waals surface area contributed by atoms with Crippen LogP contribution in [-0.4, -0.2) is 36.8 Å². The van der Waals surface area contributed by atoms with Gasteiger partial charge in [0.15, 0.2) is 0 Å². The van der Waals surface area contributed by atoms with E-state index in [1.54, 1.807) is 30.6 Å². The van der Waals surface area contributed by atoms with Crippen molar-refractivity contribution in [2.24, 2.45) is 0 Å². The Morgan fingerprint density at radius 1 is 1.07 bits per heavy atom. The van der Waals surface area contributed by atoms with Gasteiger partial charge in [-0.1, -0.05) is 25.0 Å². The fraction of sp³-hybridized carbons (Fsp3) is 0.429. The highest BCUT2D eigenvalue weighted by molar-refractivity contribution is 7.89. The lowest BCUT2D eigenvalue weighted by Gasteiger charge is -2.25. The predicted molar refractivity (Wildman–Crippen MR) is 106 cm³/mol. The van der Waals surface area contributed by atoms with E-state index in [-0.39, 0.29) is 22.9 Å². The first-order valence-electron chi connectivity index (χ1n) is 9.88. The van der Waals surface area contributed by atoms with Gasteiger partial charge >= 0.3 is 0 Å². The summed E-state index contributed by atoms with van der Waals surface area (Å²) in [5.41, 5.74) is 1.42. The summed E-state index contributed by atoms with van der Waals surface area (Å²) in [6.07, 6.45) is 9.17. The second kappa shape index (κ2) is 8.01. The number of carbonyl (C=O) groups is 1. The van der Waals surface area contributed by atoms with Gasteiger partial charge in [-0.05, 0) is 55.5 Å². The Balaban J connectivity index is 1.56. The zero-order chi connectivity index (χ0) is 19.6. The van der Waals surface area contributed by atoms with Gasteiger partial charge in [-0.3, -0.25) is 9.78 Å². The first kappa shape index (κ1) is 19.1. The van der Waals surface area contributed by atoms with Crippen LogP contribution >= 0.6 is 0 Å². The number of likely N-dealkylation sites (tertiary alicyclic amines) is 1. The van der Waals surface area contributed by atoms with Gasteiger partial charge in [0.25, 0.3) is 5.91 Å². The number of carbonyl (C=O) groups excluding carboxylic acids is 1. The van der Waals surface area contributed by atoms with E-state index in [0.717, 1.165) is 44.1 Å². The lowest BCUT2D eigenvalue weighted by Crippen LogP contribution is -2.33. The summed E-state index contributed by atoms with van der Waals surface area (Å²) in [4.78, 5) is 19.3. The summed E-state index contributed by atoms with van der Waals surface area (Å²) in [7, 11) is -3.62. The summed E-state index contributed by atoms with van der Waals surface area (Å²) in [6.45, 7) is 0.662. The van der Waals surface area contributed by atoms with Crippen LogP contribution in [0.15, 0.2) is 53.7 Å². The number of pyridine rings is 1. The van der Waals surface area contributed by atoms with Crippen molar-refractivity contribution in [3.8, 4) is 0 Å². The molecule has 28 heavy (non-hydrogen) atoms. The molecule has 1 aliphatic heterocycles. The maximum absolute atomic E-state index is 13.1. The average Bonchev–Trinajstić information content (AvgIpc) is 3.40. The Kier molecular flexibility index (Phi) is 5.46. The van der Waals surface area contributed by atoms with Crippen molar-refractivity contribution in [1.29, 1.82) is 0 Å². The molecule has 1 saturated carbocycles. The first-order valence-corrected chi connectivity index (χ1v) is 11.4. The number of nitrogens with one attached hydrogen (secondary N) is 1. The van der Waals surface area contributed by atoms with Crippen LogP contribution in [0.2, 0.25) is 0 Å². The van der Waals surface area contributed by atoms with Crippen molar-refractivity contribution in [2.45, 2.75) is 55.5 Å². The summed E-state index contributed by atoms with van der Waals surface area (Å²) >= 11 is 0. The van der Waals surface area contributed by atoms with Crippen LogP contribution in [0.25, 0.3) is 0 Å². The van der Waals surface area contributed by atoms with Crippen LogP contribution in [0.4, 0.5) is 0 Å². The van der Waals surface area contributed by atoms with Gasteiger partial charge in [0.05, 0.1) is 10.9 Å². The lowest BCUT2D eigenvalue weighted by molar-refractivity contribution is 0.0735. The molecule has 148 valence electrons. The molecule has 1 aromatic heterocycles. The van der Waals surface area contributed by atoms with Crippen LogP contribution < -0.4 is 4.72 Å². The Bertz CT molecular complexity index is 940. The molecule has 0 unspecified atom stereocenters. The zero-order valence-corrected chi connectivity index (χ0v) is 16.6. The maximum Gasteiger partial charge on any atom is 0.254 e. The number of nitrogens with zero attached hydrogens (tertiary/aromatic N) is 2. The standard InChI is InChI=1S/C21H25N3O3S/c25-21(24-13-5-11-20(24)17-7-4-12-22-15-17)16-6-3-10-19(14-16)28(26,27)23-18-8-1-2-9-18/h3-4,6-7,10,12,14-15,18,20,23H,1-2,5,8-9,11,13H2/t20-/m0/s1. The summed E-state index contributed by atoms with van der Waals surface area (Å²) in [5, 5.41) is 0. The third-order valence-corrected chi connectivity index (χ3v) is 7.17. The van der Waals surface area contributed by atoms with Crippen LogP contribution in [0.5, 0.6) is 0 Å². The molecule has 1 aromatic carbocycles. The summed E-state index contributed by atoms with van der Waals surface area (Å²) in [6, 6.07) is 10.2. The Morgan fingerprint density at radius 3 is 2.64 bits per heavy atom. The number of hydrogen-bond acceptors (Lipinski definition) is 4. The number of amides is 1. The van der Waals surface area contributed by atoms with Gasteiger partial charge < -0.3 is 4.90 Å². The van der Waals surface area contributed by atoms with E-state index in [9.17, 15) is 13.2 Å². The van der Waals surface area contributed by atoms with E-state index in [2.05, 4.69) is 9.71 Å². The highest BCUT2D eigenvalue weighted by Gasteiger charge is 2.31. The van der Waals surface area contributed by atoms with Gasteiger partial charge in [-0.2, -0.15) is 0 Å². The average molecular weight is 400 g/mol. The van der Waals surface area contributed by atoms with Crippen molar-refractivity contribution < 1.29 is 13.2 Å². The van der Waals surface area contributed by atoms with E-state index < -0.39 is 10.0 Å². The summed E-state index contributed by atoms with van der Waals surface area (Å²) < 4.78 is 28.2. The van der Waals surface area contributed by atoms with Crippen LogP contribution in [-0.2, 0) is 10.0 Å². The molecule has 1 N–H and O–H groups in total. The van der Waals surface area contributed by atoms with Crippen LogP contribution in [0.1, 0.15) is 60.5 Å². The van der Waals surface area contributed by atoms with Gasteiger partial charge in [-0.25, -0.2) is 13.1 Å². The monoisotopic (exact) mass is 399 g/mol. The number of aromatic nitrogens is 1. The van der Waals surface area contributed by atoms with E-state index in [1.807, 2.05) is 17.0 Å². The minimum absolute atomic E-state index is 0.00194. The molecule has 2 aromatic rings. The molecular weight excluding hydrogens is 374 g/mol. The number of benzene rings is 1. The Hall–Kier alpha value is -2.25. The van der Waals surface area contributed by atoms with Crippen LogP contribution in [0, 0.1) is 0 Å².